The van der Waals surface area contributed by atoms with Crippen LogP contribution in [0, 0.1) is 19.7 Å². The minimum atomic E-state index is -0.564. The summed E-state index contributed by atoms with van der Waals surface area (Å²) in [6.45, 7) is 5.39. The summed E-state index contributed by atoms with van der Waals surface area (Å²) in [4.78, 5) is 24.7. The van der Waals surface area contributed by atoms with E-state index in [1.54, 1.807) is 32.4 Å². The number of halogens is 2. The fraction of sp³-hybridized carbons (Fsp3) is 0.294. The number of aromatic nitrogens is 1. The number of hydrogen-bond donors (Lipinski definition) is 1. The molecule has 0 spiro atoms. The monoisotopic (exact) mass is 352 g/mol. The van der Waals surface area contributed by atoms with Crippen LogP contribution in [0.4, 0.5) is 10.1 Å². The van der Waals surface area contributed by atoms with Crippen molar-refractivity contribution in [2.24, 2.45) is 7.05 Å². The van der Waals surface area contributed by atoms with E-state index in [0.717, 1.165) is 0 Å². The van der Waals surface area contributed by atoms with Crippen LogP contribution in [0.1, 0.15) is 39.0 Å². The third kappa shape index (κ3) is 3.28. The highest BCUT2D eigenvalue weighted by Gasteiger charge is 2.25. The van der Waals surface area contributed by atoms with Gasteiger partial charge in [0, 0.05) is 18.4 Å². The average Bonchev–Trinajstić information content (AvgIpc) is 2.73. The molecule has 0 aliphatic rings. The Bertz CT molecular complexity index is 815. The van der Waals surface area contributed by atoms with Crippen LogP contribution >= 0.6 is 11.6 Å². The third-order valence-corrected chi connectivity index (χ3v) is 4.09. The molecule has 5 nitrogen and oxygen atoms in total. The van der Waals surface area contributed by atoms with Crippen LogP contribution in [0.2, 0.25) is 5.02 Å². The molecule has 0 saturated heterocycles. The van der Waals surface area contributed by atoms with Crippen molar-refractivity contribution in [2.45, 2.75) is 20.8 Å². The molecule has 0 bridgehead atoms. The molecular weight excluding hydrogens is 335 g/mol. The Morgan fingerprint density at radius 2 is 2.00 bits per heavy atom. The summed E-state index contributed by atoms with van der Waals surface area (Å²) in [5.41, 5.74) is 2.23. The second kappa shape index (κ2) is 7.05. The van der Waals surface area contributed by atoms with E-state index < -0.39 is 17.7 Å². The molecule has 0 saturated carbocycles. The standard InChI is InChI=1S/C17H18ClFN2O3/c1-5-24-17(23)15-9(2)14(10(3)21(15)4)16(22)20-11-6-7-13(19)12(18)8-11/h6-8H,5H2,1-4H3,(H,20,22). The fourth-order valence-corrected chi connectivity index (χ4v) is 2.75. The molecule has 0 unspecified atom stereocenters. The largest absolute Gasteiger partial charge is 0.461 e. The van der Waals surface area contributed by atoms with Crippen LogP contribution in [0.15, 0.2) is 18.2 Å². The summed E-state index contributed by atoms with van der Waals surface area (Å²) >= 11 is 5.72. The smallest absolute Gasteiger partial charge is 0.355 e. The van der Waals surface area contributed by atoms with Crippen LogP contribution < -0.4 is 5.32 Å². The van der Waals surface area contributed by atoms with Gasteiger partial charge in [-0.15, -0.1) is 0 Å². The van der Waals surface area contributed by atoms with E-state index in [9.17, 15) is 14.0 Å². The number of nitrogens with zero attached hydrogens (tertiary/aromatic N) is 1. The van der Waals surface area contributed by atoms with Crippen LogP contribution in [0.5, 0.6) is 0 Å². The zero-order chi connectivity index (χ0) is 18.0. The normalized spacial score (nSPS) is 10.6. The van der Waals surface area contributed by atoms with Crippen molar-refractivity contribution in [2.75, 3.05) is 11.9 Å². The van der Waals surface area contributed by atoms with Crippen LogP contribution in [0.3, 0.4) is 0 Å². The molecule has 1 heterocycles. The summed E-state index contributed by atoms with van der Waals surface area (Å²) in [6.07, 6.45) is 0. The number of anilines is 1. The number of rotatable bonds is 4. The van der Waals surface area contributed by atoms with Gasteiger partial charge in [0.1, 0.15) is 11.5 Å². The highest BCUT2D eigenvalue weighted by atomic mass is 35.5. The number of carbonyl (C=O) groups excluding carboxylic acids is 2. The van der Waals surface area contributed by atoms with Gasteiger partial charge < -0.3 is 14.6 Å². The zero-order valence-electron chi connectivity index (χ0n) is 13.9. The number of amides is 1. The Morgan fingerprint density at radius 1 is 1.33 bits per heavy atom. The van der Waals surface area contributed by atoms with E-state index in [4.69, 9.17) is 16.3 Å². The maximum atomic E-state index is 13.2. The molecule has 1 aromatic carbocycles. The first-order valence-corrected chi connectivity index (χ1v) is 7.75. The molecule has 128 valence electrons. The van der Waals surface area contributed by atoms with Crippen molar-refractivity contribution in [3.05, 3.63) is 51.6 Å². The second-order valence-electron chi connectivity index (χ2n) is 5.30. The summed E-state index contributed by atoms with van der Waals surface area (Å²) < 4.78 is 19.9. The number of ether oxygens (including phenoxy) is 1. The van der Waals surface area contributed by atoms with E-state index in [-0.39, 0.29) is 11.6 Å². The number of nitrogens with one attached hydrogen (secondary N) is 1. The van der Waals surface area contributed by atoms with Crippen molar-refractivity contribution in [3.63, 3.8) is 0 Å². The topological polar surface area (TPSA) is 60.3 Å². The summed E-state index contributed by atoms with van der Waals surface area (Å²) in [6, 6.07) is 3.92. The van der Waals surface area contributed by atoms with Gasteiger partial charge in [-0.3, -0.25) is 4.79 Å². The predicted molar refractivity (Wildman–Crippen MR) is 90.2 cm³/mol. The molecular formula is C17H18ClFN2O3. The van der Waals surface area contributed by atoms with Gasteiger partial charge in [-0.2, -0.15) is 0 Å². The molecule has 0 radical (unpaired) electrons. The molecule has 2 aromatic rings. The molecule has 0 aliphatic carbocycles. The maximum Gasteiger partial charge on any atom is 0.355 e. The first-order chi connectivity index (χ1) is 11.3. The Balaban J connectivity index is 2.37. The lowest BCUT2D eigenvalue weighted by atomic mass is 10.1. The molecule has 2 rings (SSSR count). The SMILES string of the molecule is CCOC(=O)c1c(C)c(C(=O)Nc2ccc(F)c(Cl)c2)c(C)n1C. The van der Waals surface area contributed by atoms with Gasteiger partial charge in [0.15, 0.2) is 0 Å². The Morgan fingerprint density at radius 3 is 2.58 bits per heavy atom. The fourth-order valence-electron chi connectivity index (χ4n) is 2.57. The summed E-state index contributed by atoms with van der Waals surface area (Å²) in [5.74, 6) is -1.45. The van der Waals surface area contributed by atoms with Gasteiger partial charge >= 0.3 is 5.97 Å². The Kier molecular flexibility index (Phi) is 5.29. The van der Waals surface area contributed by atoms with Crippen molar-refractivity contribution < 1.29 is 18.7 Å². The highest BCUT2D eigenvalue weighted by molar-refractivity contribution is 6.31. The van der Waals surface area contributed by atoms with Crippen molar-refractivity contribution in [1.82, 2.24) is 4.57 Å². The Labute approximate surface area is 144 Å². The van der Waals surface area contributed by atoms with E-state index in [1.165, 1.54) is 18.2 Å². The average molecular weight is 353 g/mol. The van der Waals surface area contributed by atoms with Crippen LogP contribution in [-0.2, 0) is 11.8 Å². The van der Waals surface area contributed by atoms with Gasteiger partial charge in [-0.25, -0.2) is 9.18 Å². The van der Waals surface area contributed by atoms with Gasteiger partial charge in [0.25, 0.3) is 5.91 Å². The van der Waals surface area contributed by atoms with E-state index in [2.05, 4.69) is 5.32 Å². The van der Waals surface area contributed by atoms with Crippen LogP contribution in [-0.4, -0.2) is 23.1 Å². The predicted octanol–water partition coefficient (Wildman–Crippen LogP) is 3.86. The molecule has 24 heavy (non-hydrogen) atoms. The van der Waals surface area contributed by atoms with Gasteiger partial charge in [0.05, 0.1) is 17.2 Å². The van der Waals surface area contributed by atoms with E-state index in [1.807, 2.05) is 0 Å². The number of hydrogen-bond acceptors (Lipinski definition) is 3. The number of benzene rings is 1. The lowest BCUT2D eigenvalue weighted by Gasteiger charge is -2.07. The lowest BCUT2D eigenvalue weighted by molar-refractivity contribution is 0.0514. The molecule has 1 aromatic heterocycles. The molecule has 0 atom stereocenters. The first kappa shape index (κ1) is 18.0. The van der Waals surface area contributed by atoms with Gasteiger partial charge in [-0.1, -0.05) is 11.6 Å². The molecule has 0 aliphatic heterocycles. The zero-order valence-corrected chi connectivity index (χ0v) is 14.6. The minimum absolute atomic E-state index is 0.0819. The van der Waals surface area contributed by atoms with Gasteiger partial charge in [0.2, 0.25) is 0 Å². The molecule has 1 amide bonds. The Hall–Kier alpha value is -2.34. The molecule has 7 heteroatoms. The molecule has 0 fully saturated rings. The second-order valence-corrected chi connectivity index (χ2v) is 5.70. The molecule has 1 N–H and O–H groups in total. The van der Waals surface area contributed by atoms with E-state index in [0.29, 0.717) is 28.2 Å². The van der Waals surface area contributed by atoms with Crippen molar-refractivity contribution in [3.8, 4) is 0 Å². The lowest BCUT2D eigenvalue weighted by Crippen LogP contribution is -2.14. The summed E-state index contributed by atoms with van der Waals surface area (Å²) in [5, 5.41) is 2.58. The maximum absolute atomic E-state index is 13.2. The summed E-state index contributed by atoms with van der Waals surface area (Å²) in [7, 11) is 1.69. The third-order valence-electron chi connectivity index (χ3n) is 3.80. The van der Waals surface area contributed by atoms with Crippen molar-refractivity contribution in [1.29, 1.82) is 0 Å². The van der Waals surface area contributed by atoms with Crippen molar-refractivity contribution >= 4 is 29.2 Å². The quantitative estimate of drug-likeness (QED) is 0.850. The number of esters is 1. The van der Waals surface area contributed by atoms with E-state index >= 15 is 0 Å². The van der Waals surface area contributed by atoms with Crippen LogP contribution in [0.25, 0.3) is 0 Å². The first-order valence-electron chi connectivity index (χ1n) is 7.37. The number of carbonyl (C=O) groups is 2. The highest BCUT2D eigenvalue weighted by Crippen LogP contribution is 2.24. The van der Waals surface area contributed by atoms with Gasteiger partial charge in [-0.05, 0) is 44.5 Å². The minimum Gasteiger partial charge on any atom is -0.461 e.